The summed E-state index contributed by atoms with van der Waals surface area (Å²) in [5.74, 6) is 1.05. The molecule has 1 aromatic rings. The zero-order valence-corrected chi connectivity index (χ0v) is 20.5. The van der Waals surface area contributed by atoms with E-state index in [1.165, 1.54) is 28.3 Å². The number of benzene rings is 1. The van der Waals surface area contributed by atoms with E-state index >= 15 is 0 Å². The van der Waals surface area contributed by atoms with E-state index in [2.05, 4.69) is 5.32 Å². The Morgan fingerprint density at radius 3 is 2.58 bits per heavy atom. The monoisotopic (exact) mass is 484 g/mol. The topological polar surface area (TPSA) is 113 Å². The third kappa shape index (κ3) is 7.16. The lowest BCUT2D eigenvalue weighted by Crippen LogP contribution is -2.54. The van der Waals surface area contributed by atoms with Crippen LogP contribution in [-0.4, -0.2) is 94.5 Å². The van der Waals surface area contributed by atoms with Crippen molar-refractivity contribution < 1.29 is 38.1 Å². The summed E-state index contributed by atoms with van der Waals surface area (Å²) in [5, 5.41) is 2.75. The molecule has 1 aromatic carbocycles. The van der Waals surface area contributed by atoms with E-state index in [4.69, 9.17) is 23.7 Å². The van der Waals surface area contributed by atoms with Crippen LogP contribution in [0.4, 0.5) is 4.79 Å². The molecule has 33 heavy (non-hydrogen) atoms. The van der Waals surface area contributed by atoms with E-state index in [1.807, 2.05) is 6.26 Å². The number of carbonyl (C=O) groups excluding carboxylic acids is 3. The lowest BCUT2D eigenvalue weighted by Gasteiger charge is -2.33. The third-order valence-corrected chi connectivity index (χ3v) is 5.76. The van der Waals surface area contributed by atoms with Gasteiger partial charge in [0.2, 0.25) is 5.75 Å². The molecule has 11 heteroatoms. The first kappa shape index (κ1) is 26.6. The maximum atomic E-state index is 12.8. The second kappa shape index (κ2) is 13.1. The number of ketones is 1. The second-order valence-electron chi connectivity index (χ2n) is 7.29. The average Bonchev–Trinajstić information content (AvgIpc) is 2.83. The number of Topliss-reactive ketones (excluding diaryl/α,β-unsaturated/α-hetero) is 1. The summed E-state index contributed by atoms with van der Waals surface area (Å²) in [6.07, 6.45) is 1.96. The Kier molecular flexibility index (Phi) is 10.6. The van der Waals surface area contributed by atoms with Crippen molar-refractivity contribution in [1.29, 1.82) is 0 Å². The van der Waals surface area contributed by atoms with E-state index in [0.717, 1.165) is 0 Å². The molecule has 0 bridgehead atoms. The fraction of sp³-hybridized carbons (Fsp3) is 0.591. The SMILES string of the molecule is COC(=O)C(CCSC)NC(=O)N1CCOC(COc2c(C(C)=O)ccc(OC)c2OC)C1. The van der Waals surface area contributed by atoms with Crippen LogP contribution in [-0.2, 0) is 14.3 Å². The summed E-state index contributed by atoms with van der Waals surface area (Å²) in [5.41, 5.74) is 0.354. The number of thioether (sulfide) groups is 1. The molecule has 184 valence electrons. The van der Waals surface area contributed by atoms with Gasteiger partial charge in [-0.05, 0) is 37.5 Å². The summed E-state index contributed by atoms with van der Waals surface area (Å²) in [6, 6.07) is 2.16. The van der Waals surface area contributed by atoms with Gasteiger partial charge in [0.25, 0.3) is 0 Å². The highest BCUT2D eigenvalue weighted by Crippen LogP contribution is 2.40. The van der Waals surface area contributed by atoms with Gasteiger partial charge in [-0.15, -0.1) is 0 Å². The number of amides is 2. The van der Waals surface area contributed by atoms with Gasteiger partial charge >= 0.3 is 12.0 Å². The summed E-state index contributed by atoms with van der Waals surface area (Å²) in [4.78, 5) is 38.4. The highest BCUT2D eigenvalue weighted by molar-refractivity contribution is 7.98. The van der Waals surface area contributed by atoms with Crippen molar-refractivity contribution in [3.63, 3.8) is 0 Å². The Morgan fingerprint density at radius 1 is 1.21 bits per heavy atom. The number of nitrogens with zero attached hydrogens (tertiary/aromatic N) is 1. The molecule has 2 unspecified atom stereocenters. The molecule has 0 aliphatic carbocycles. The van der Waals surface area contributed by atoms with Crippen LogP contribution in [0.2, 0.25) is 0 Å². The van der Waals surface area contributed by atoms with E-state index < -0.39 is 18.1 Å². The predicted octanol–water partition coefficient (Wildman–Crippen LogP) is 1.99. The van der Waals surface area contributed by atoms with Crippen molar-refractivity contribution in [3.8, 4) is 17.2 Å². The smallest absolute Gasteiger partial charge is 0.328 e. The minimum absolute atomic E-state index is 0.0838. The van der Waals surface area contributed by atoms with Gasteiger partial charge < -0.3 is 33.9 Å². The van der Waals surface area contributed by atoms with Gasteiger partial charge in [-0.3, -0.25) is 4.79 Å². The van der Waals surface area contributed by atoms with Gasteiger partial charge in [0.05, 0.1) is 40.0 Å². The van der Waals surface area contributed by atoms with E-state index in [-0.39, 0.29) is 30.7 Å². The summed E-state index contributed by atoms with van der Waals surface area (Å²) >= 11 is 1.58. The van der Waals surface area contributed by atoms with Crippen molar-refractivity contribution in [2.75, 3.05) is 59.6 Å². The molecule has 0 saturated carbocycles. The second-order valence-corrected chi connectivity index (χ2v) is 8.28. The maximum Gasteiger partial charge on any atom is 0.328 e. The van der Waals surface area contributed by atoms with Crippen LogP contribution in [0.1, 0.15) is 23.7 Å². The molecule has 1 N–H and O–H groups in total. The van der Waals surface area contributed by atoms with Crippen LogP contribution in [0.25, 0.3) is 0 Å². The lowest BCUT2D eigenvalue weighted by molar-refractivity contribution is -0.143. The van der Waals surface area contributed by atoms with Crippen molar-refractivity contribution in [2.24, 2.45) is 0 Å². The number of hydrogen-bond donors (Lipinski definition) is 1. The van der Waals surface area contributed by atoms with Crippen LogP contribution >= 0.6 is 11.8 Å². The molecule has 0 radical (unpaired) electrons. The molecule has 10 nitrogen and oxygen atoms in total. The molecule has 1 saturated heterocycles. The van der Waals surface area contributed by atoms with Gasteiger partial charge in [-0.1, -0.05) is 0 Å². The van der Waals surface area contributed by atoms with Gasteiger partial charge in [-0.25, -0.2) is 9.59 Å². The zero-order valence-electron chi connectivity index (χ0n) is 19.7. The van der Waals surface area contributed by atoms with Gasteiger partial charge in [0.15, 0.2) is 17.3 Å². The third-order valence-electron chi connectivity index (χ3n) is 5.11. The van der Waals surface area contributed by atoms with Crippen molar-refractivity contribution >= 4 is 29.5 Å². The number of urea groups is 1. The lowest BCUT2D eigenvalue weighted by atomic mass is 10.1. The number of carbonyl (C=O) groups is 3. The van der Waals surface area contributed by atoms with Crippen LogP contribution in [0.15, 0.2) is 12.1 Å². The molecular weight excluding hydrogens is 452 g/mol. The van der Waals surface area contributed by atoms with Gasteiger partial charge in [-0.2, -0.15) is 11.8 Å². The number of morpholine rings is 1. The van der Waals surface area contributed by atoms with Crippen molar-refractivity contribution in [3.05, 3.63) is 17.7 Å². The average molecular weight is 485 g/mol. The molecule has 1 fully saturated rings. The van der Waals surface area contributed by atoms with Crippen LogP contribution < -0.4 is 19.5 Å². The molecule has 2 rings (SSSR count). The highest BCUT2D eigenvalue weighted by atomic mass is 32.2. The fourth-order valence-electron chi connectivity index (χ4n) is 3.37. The molecule has 1 aliphatic heterocycles. The number of ether oxygens (including phenoxy) is 5. The van der Waals surface area contributed by atoms with Crippen LogP contribution in [0, 0.1) is 0 Å². The fourth-order valence-corrected chi connectivity index (χ4v) is 3.84. The standard InChI is InChI=1S/C22H32N2O8S/c1-14(25)16-6-7-18(28-2)20(29-3)19(16)32-13-15-12-24(9-10-31-15)22(27)23-17(8-11-33-5)21(26)30-4/h6-7,15,17H,8-13H2,1-5H3,(H,23,27). The van der Waals surface area contributed by atoms with E-state index in [0.29, 0.717) is 42.4 Å². The minimum Gasteiger partial charge on any atom is -0.493 e. The normalized spacial score (nSPS) is 16.5. The van der Waals surface area contributed by atoms with Crippen LogP contribution in [0.5, 0.6) is 17.2 Å². The first-order valence-corrected chi connectivity index (χ1v) is 11.9. The largest absolute Gasteiger partial charge is 0.493 e. The minimum atomic E-state index is -0.716. The number of nitrogens with one attached hydrogen (secondary N) is 1. The number of esters is 1. The van der Waals surface area contributed by atoms with E-state index in [9.17, 15) is 14.4 Å². The molecule has 0 spiro atoms. The van der Waals surface area contributed by atoms with E-state index in [1.54, 1.807) is 28.8 Å². The molecule has 0 aromatic heterocycles. The molecule has 1 aliphatic rings. The molecule has 1 heterocycles. The zero-order chi connectivity index (χ0) is 24.4. The van der Waals surface area contributed by atoms with Gasteiger partial charge in [0.1, 0.15) is 18.8 Å². The molecule has 2 amide bonds. The number of rotatable bonds is 11. The number of methoxy groups -OCH3 is 3. The summed E-state index contributed by atoms with van der Waals surface area (Å²) in [7, 11) is 4.26. The first-order valence-electron chi connectivity index (χ1n) is 10.5. The summed E-state index contributed by atoms with van der Waals surface area (Å²) in [6.45, 7) is 2.46. The number of hydrogen-bond acceptors (Lipinski definition) is 9. The van der Waals surface area contributed by atoms with Crippen molar-refractivity contribution in [2.45, 2.75) is 25.5 Å². The van der Waals surface area contributed by atoms with Crippen LogP contribution in [0.3, 0.4) is 0 Å². The maximum absolute atomic E-state index is 12.8. The van der Waals surface area contributed by atoms with Crippen molar-refractivity contribution in [1.82, 2.24) is 10.2 Å². The Balaban J connectivity index is 2.06. The molecule has 2 atom stereocenters. The van der Waals surface area contributed by atoms with Gasteiger partial charge in [0, 0.05) is 6.54 Å². The Hall–Kier alpha value is -2.66. The Morgan fingerprint density at radius 2 is 1.97 bits per heavy atom. The Labute approximate surface area is 198 Å². The highest BCUT2D eigenvalue weighted by Gasteiger charge is 2.29. The first-order chi connectivity index (χ1) is 15.9. The molecular formula is C22H32N2O8S. The summed E-state index contributed by atoms with van der Waals surface area (Å²) < 4.78 is 27.2. The predicted molar refractivity (Wildman–Crippen MR) is 124 cm³/mol. The Bertz CT molecular complexity index is 835. The quantitative estimate of drug-likeness (QED) is 0.372.